The van der Waals surface area contributed by atoms with Crippen LogP contribution in [0.1, 0.15) is 32.9 Å². The quantitative estimate of drug-likeness (QED) is 0.365. The maximum Gasteiger partial charge on any atom is 0.350 e. The second-order valence-electron chi connectivity index (χ2n) is 7.97. The van der Waals surface area contributed by atoms with Gasteiger partial charge in [0.2, 0.25) is 5.91 Å². The van der Waals surface area contributed by atoms with Gasteiger partial charge in [0.15, 0.2) is 5.13 Å². The van der Waals surface area contributed by atoms with Crippen LogP contribution in [0.25, 0.3) is 10.9 Å². The molecule has 0 radical (unpaired) electrons. The van der Waals surface area contributed by atoms with Gasteiger partial charge < -0.3 is 19.4 Å². The van der Waals surface area contributed by atoms with Crippen LogP contribution in [0.4, 0.5) is 5.13 Å². The average Bonchev–Trinajstić information content (AvgIpc) is 3.22. The van der Waals surface area contributed by atoms with E-state index in [4.69, 9.17) is 9.47 Å². The Morgan fingerprint density at radius 2 is 1.86 bits per heavy atom. The fourth-order valence-corrected chi connectivity index (χ4v) is 4.66. The number of anilines is 1. The summed E-state index contributed by atoms with van der Waals surface area (Å²) >= 11 is 1.06. The molecule has 2 aromatic carbocycles. The molecule has 180 valence electrons. The van der Waals surface area contributed by atoms with Crippen molar-refractivity contribution >= 4 is 39.2 Å². The lowest BCUT2D eigenvalue weighted by atomic mass is 10.1. The zero-order valence-electron chi connectivity index (χ0n) is 19.7. The number of benzene rings is 2. The summed E-state index contributed by atoms with van der Waals surface area (Å²) in [5, 5.41) is 3.91. The van der Waals surface area contributed by atoms with Gasteiger partial charge in [-0.05, 0) is 31.0 Å². The number of carbonyl (C=O) groups excluding carboxylic acids is 2. The molecule has 0 atom stereocenters. The van der Waals surface area contributed by atoms with Gasteiger partial charge in [0.05, 0.1) is 18.3 Å². The van der Waals surface area contributed by atoms with E-state index in [1.165, 1.54) is 0 Å². The highest BCUT2D eigenvalue weighted by Gasteiger charge is 2.19. The lowest BCUT2D eigenvalue weighted by molar-refractivity contribution is -0.116. The van der Waals surface area contributed by atoms with Crippen molar-refractivity contribution in [3.8, 4) is 5.75 Å². The van der Waals surface area contributed by atoms with E-state index in [1.807, 2.05) is 49.4 Å². The Morgan fingerprint density at radius 1 is 1.09 bits per heavy atom. The molecule has 0 unspecified atom stereocenters. The molecule has 0 saturated carbocycles. The Morgan fingerprint density at radius 3 is 2.60 bits per heavy atom. The van der Waals surface area contributed by atoms with Crippen LogP contribution in [0.15, 0.2) is 59.4 Å². The molecule has 2 aromatic heterocycles. The summed E-state index contributed by atoms with van der Waals surface area (Å²) in [6.07, 6.45) is 0.0442. The first kappa shape index (κ1) is 24.2. The largest absolute Gasteiger partial charge is 0.495 e. The minimum absolute atomic E-state index is 0.0442. The number of amides is 1. The molecule has 4 rings (SSSR count). The summed E-state index contributed by atoms with van der Waals surface area (Å²) in [7, 11) is 1.55. The van der Waals surface area contributed by atoms with Crippen molar-refractivity contribution in [3.05, 3.63) is 86.6 Å². The van der Waals surface area contributed by atoms with Crippen molar-refractivity contribution in [3.63, 3.8) is 0 Å². The fourth-order valence-electron chi connectivity index (χ4n) is 3.78. The number of para-hydroxylation sites is 1. The number of aryl methyl sites for hydroxylation is 3. The lowest BCUT2D eigenvalue weighted by Gasteiger charge is -2.14. The minimum Gasteiger partial charge on any atom is -0.495 e. The normalized spacial score (nSPS) is 10.8. The summed E-state index contributed by atoms with van der Waals surface area (Å²) in [5.41, 5.74) is 2.65. The van der Waals surface area contributed by atoms with Crippen molar-refractivity contribution < 1.29 is 19.1 Å². The van der Waals surface area contributed by atoms with Gasteiger partial charge in [0.1, 0.15) is 17.2 Å². The first-order chi connectivity index (χ1) is 16.9. The maximum absolute atomic E-state index is 12.7. The topological polar surface area (TPSA) is 99.5 Å². The number of nitrogens with one attached hydrogen (secondary N) is 1. The summed E-state index contributed by atoms with van der Waals surface area (Å²) < 4.78 is 12.4. The molecule has 2 heterocycles. The lowest BCUT2D eigenvalue weighted by Crippen LogP contribution is -2.24. The molecular weight excluding hydrogens is 466 g/mol. The second-order valence-corrected chi connectivity index (χ2v) is 8.97. The number of nitrogens with zero attached hydrogens (tertiary/aromatic N) is 2. The van der Waals surface area contributed by atoms with Crippen LogP contribution in [0.5, 0.6) is 5.75 Å². The molecule has 1 amide bonds. The van der Waals surface area contributed by atoms with E-state index in [0.29, 0.717) is 27.0 Å². The van der Waals surface area contributed by atoms with Crippen molar-refractivity contribution in [2.24, 2.45) is 0 Å². The molecule has 0 spiro atoms. The predicted octanol–water partition coefficient (Wildman–Crippen LogP) is 4.47. The maximum atomic E-state index is 12.7. The standard InChI is InChI=1S/C26H25N3O5S/c1-16-14-22(31)29(23-19(16)10-7-11-20(23)33-3)13-12-21(30)28-26-27-17(2)24(35-26)25(32)34-15-18-8-5-4-6-9-18/h4-11,14H,12-13,15H2,1-3H3,(H,27,28,30). The van der Waals surface area contributed by atoms with Crippen molar-refractivity contribution in [2.75, 3.05) is 12.4 Å². The summed E-state index contributed by atoms with van der Waals surface area (Å²) in [6.45, 7) is 3.88. The Balaban J connectivity index is 1.43. The Bertz CT molecular complexity index is 1440. The van der Waals surface area contributed by atoms with Crippen LogP contribution in [0.3, 0.4) is 0 Å². The molecule has 0 fully saturated rings. The third kappa shape index (κ3) is 5.41. The molecule has 1 N–H and O–H groups in total. The van der Waals surface area contributed by atoms with E-state index in [0.717, 1.165) is 27.8 Å². The van der Waals surface area contributed by atoms with Gasteiger partial charge in [0, 0.05) is 24.4 Å². The van der Waals surface area contributed by atoms with E-state index in [-0.39, 0.29) is 31.0 Å². The number of esters is 1. The molecule has 35 heavy (non-hydrogen) atoms. The molecule has 0 aliphatic carbocycles. The highest BCUT2D eigenvalue weighted by atomic mass is 32.1. The van der Waals surface area contributed by atoms with Crippen LogP contribution in [-0.2, 0) is 22.7 Å². The number of thiazole rings is 1. The van der Waals surface area contributed by atoms with Gasteiger partial charge >= 0.3 is 5.97 Å². The fraction of sp³-hybridized carbons (Fsp3) is 0.231. The molecular formula is C26H25N3O5S. The van der Waals surface area contributed by atoms with Gasteiger partial charge in [-0.1, -0.05) is 53.8 Å². The zero-order chi connectivity index (χ0) is 24.9. The van der Waals surface area contributed by atoms with E-state index in [1.54, 1.807) is 30.7 Å². The first-order valence-corrected chi connectivity index (χ1v) is 11.8. The summed E-state index contributed by atoms with van der Waals surface area (Å²) in [4.78, 5) is 42.4. The monoisotopic (exact) mass is 491 g/mol. The van der Waals surface area contributed by atoms with E-state index in [9.17, 15) is 14.4 Å². The van der Waals surface area contributed by atoms with Gasteiger partial charge in [-0.15, -0.1) is 0 Å². The number of methoxy groups -OCH3 is 1. The van der Waals surface area contributed by atoms with Crippen LogP contribution >= 0.6 is 11.3 Å². The summed E-state index contributed by atoms with van der Waals surface area (Å²) in [6, 6.07) is 16.5. The number of carbonyl (C=O) groups is 2. The SMILES string of the molecule is COc1cccc2c(C)cc(=O)n(CCC(=O)Nc3nc(C)c(C(=O)OCc4ccccc4)s3)c12. The van der Waals surface area contributed by atoms with Gasteiger partial charge in [0.25, 0.3) is 5.56 Å². The van der Waals surface area contributed by atoms with E-state index < -0.39 is 5.97 Å². The molecule has 8 nitrogen and oxygen atoms in total. The van der Waals surface area contributed by atoms with Gasteiger partial charge in [-0.2, -0.15) is 0 Å². The molecule has 0 bridgehead atoms. The second kappa shape index (κ2) is 10.5. The highest BCUT2D eigenvalue weighted by molar-refractivity contribution is 7.17. The highest BCUT2D eigenvalue weighted by Crippen LogP contribution is 2.27. The third-order valence-corrected chi connectivity index (χ3v) is 6.58. The van der Waals surface area contributed by atoms with Crippen LogP contribution in [-0.4, -0.2) is 28.5 Å². The van der Waals surface area contributed by atoms with Crippen LogP contribution in [0, 0.1) is 13.8 Å². The Kier molecular flexibility index (Phi) is 7.26. The van der Waals surface area contributed by atoms with E-state index in [2.05, 4.69) is 10.3 Å². The Labute approximate surface area is 206 Å². The molecule has 0 aliphatic rings. The van der Waals surface area contributed by atoms with Crippen molar-refractivity contribution in [1.29, 1.82) is 0 Å². The van der Waals surface area contributed by atoms with Gasteiger partial charge in [-0.25, -0.2) is 9.78 Å². The zero-order valence-corrected chi connectivity index (χ0v) is 20.5. The van der Waals surface area contributed by atoms with Crippen molar-refractivity contribution in [1.82, 2.24) is 9.55 Å². The number of rotatable bonds is 8. The first-order valence-electron chi connectivity index (χ1n) is 11.0. The smallest absolute Gasteiger partial charge is 0.350 e. The molecule has 0 aliphatic heterocycles. The third-order valence-electron chi connectivity index (χ3n) is 5.52. The van der Waals surface area contributed by atoms with Crippen molar-refractivity contribution in [2.45, 2.75) is 33.4 Å². The van der Waals surface area contributed by atoms with Crippen LogP contribution < -0.4 is 15.6 Å². The number of hydrogen-bond donors (Lipinski definition) is 1. The number of ether oxygens (including phenoxy) is 2. The number of pyridine rings is 1. The minimum atomic E-state index is -0.492. The van der Waals surface area contributed by atoms with E-state index >= 15 is 0 Å². The Hall–Kier alpha value is -3.98. The predicted molar refractivity (Wildman–Crippen MR) is 135 cm³/mol. The molecule has 4 aromatic rings. The molecule has 9 heteroatoms. The van der Waals surface area contributed by atoms with Crippen LogP contribution in [0.2, 0.25) is 0 Å². The molecule has 0 saturated heterocycles. The average molecular weight is 492 g/mol. The number of aromatic nitrogens is 2. The summed E-state index contributed by atoms with van der Waals surface area (Å²) in [5.74, 6) is -0.245. The number of hydrogen-bond acceptors (Lipinski definition) is 7. The van der Waals surface area contributed by atoms with Gasteiger partial charge in [-0.3, -0.25) is 9.59 Å². The number of fused-ring (bicyclic) bond motifs is 1.